The van der Waals surface area contributed by atoms with E-state index in [0.29, 0.717) is 12.8 Å². The van der Waals surface area contributed by atoms with Gasteiger partial charge in [0.25, 0.3) is 0 Å². The van der Waals surface area contributed by atoms with Crippen LogP contribution in [-0.4, -0.2) is 32.3 Å². The minimum absolute atomic E-state index is 0.0997. The zero-order valence-corrected chi connectivity index (χ0v) is 12.9. The number of hydrogen-bond donors (Lipinski definition) is 3. The van der Waals surface area contributed by atoms with Crippen molar-refractivity contribution >= 4 is 46.2 Å². The average Bonchev–Trinajstić information content (AvgIpc) is 2.33. The molecule has 4 N–H and O–H groups in total. The SMILES string of the molecule is NC(=S)N/N=C1\CCCCC1C(O)(C(F)(F)Cl)C(F)(F)Cl. The van der Waals surface area contributed by atoms with Crippen molar-refractivity contribution in [3.8, 4) is 0 Å². The Morgan fingerprint density at radius 3 is 2.24 bits per heavy atom. The second-order valence-corrected chi connectivity index (χ2v) is 6.03. The van der Waals surface area contributed by atoms with Crippen molar-refractivity contribution in [1.82, 2.24) is 5.43 Å². The number of nitrogens with zero attached hydrogens (tertiary/aromatic N) is 1. The summed E-state index contributed by atoms with van der Waals surface area (Å²) in [5, 5.41) is 3.92. The smallest absolute Gasteiger partial charge is 0.357 e. The molecule has 1 fully saturated rings. The summed E-state index contributed by atoms with van der Waals surface area (Å²) in [6.07, 6.45) is 0.770. The van der Waals surface area contributed by atoms with Crippen LogP contribution in [0.15, 0.2) is 5.10 Å². The average molecular weight is 370 g/mol. The van der Waals surface area contributed by atoms with Gasteiger partial charge in [-0.1, -0.05) is 6.42 Å². The van der Waals surface area contributed by atoms with Gasteiger partial charge in [-0.2, -0.15) is 22.7 Å². The molecule has 1 atom stereocenters. The van der Waals surface area contributed by atoms with Crippen molar-refractivity contribution in [2.24, 2.45) is 16.8 Å². The number of halogens is 6. The maximum absolute atomic E-state index is 13.4. The van der Waals surface area contributed by atoms with Crippen LogP contribution in [0.1, 0.15) is 25.7 Å². The lowest BCUT2D eigenvalue weighted by Gasteiger charge is -2.42. The van der Waals surface area contributed by atoms with Crippen LogP contribution in [0, 0.1) is 5.92 Å². The molecule has 0 radical (unpaired) electrons. The van der Waals surface area contributed by atoms with E-state index in [-0.39, 0.29) is 23.7 Å². The zero-order chi connectivity index (χ0) is 16.5. The second-order valence-electron chi connectivity index (χ2n) is 4.64. The van der Waals surface area contributed by atoms with Crippen molar-refractivity contribution < 1.29 is 22.7 Å². The number of aliphatic hydroxyl groups is 1. The molecule has 1 unspecified atom stereocenters. The molecule has 0 spiro atoms. The zero-order valence-electron chi connectivity index (χ0n) is 10.6. The third-order valence-corrected chi connectivity index (χ3v) is 3.92. The van der Waals surface area contributed by atoms with Crippen LogP contribution in [0.3, 0.4) is 0 Å². The summed E-state index contributed by atoms with van der Waals surface area (Å²) in [4.78, 5) is 0. The normalized spacial score (nSPS) is 23.2. The first kappa shape index (κ1) is 18.7. The molecule has 1 aliphatic carbocycles. The summed E-state index contributed by atoms with van der Waals surface area (Å²) in [5.41, 5.74) is 3.14. The van der Waals surface area contributed by atoms with E-state index in [9.17, 15) is 22.7 Å². The van der Waals surface area contributed by atoms with Gasteiger partial charge < -0.3 is 10.8 Å². The molecule has 11 heteroatoms. The predicted octanol–water partition coefficient (Wildman–Crippen LogP) is 2.76. The number of nitrogens with one attached hydrogen (secondary N) is 1. The molecule has 0 aromatic rings. The second kappa shape index (κ2) is 6.39. The summed E-state index contributed by atoms with van der Waals surface area (Å²) in [7, 11) is 0. The number of rotatable bonds is 4. The number of alkyl halides is 6. The highest BCUT2D eigenvalue weighted by Gasteiger charge is 2.71. The van der Waals surface area contributed by atoms with E-state index in [1.54, 1.807) is 0 Å². The first-order chi connectivity index (χ1) is 9.41. The highest BCUT2D eigenvalue weighted by Crippen LogP contribution is 2.52. The van der Waals surface area contributed by atoms with Gasteiger partial charge in [0.15, 0.2) is 5.11 Å². The molecule has 122 valence electrons. The Hall–Kier alpha value is -0.380. The quantitative estimate of drug-likeness (QED) is 0.308. The molecule has 0 bridgehead atoms. The molecule has 1 aliphatic rings. The van der Waals surface area contributed by atoms with Gasteiger partial charge in [0.1, 0.15) is 0 Å². The Kier molecular flexibility index (Phi) is 5.68. The fourth-order valence-electron chi connectivity index (χ4n) is 2.26. The van der Waals surface area contributed by atoms with Gasteiger partial charge in [0.05, 0.1) is 0 Å². The minimum atomic E-state index is -4.66. The summed E-state index contributed by atoms with van der Waals surface area (Å²) in [5.74, 6) is -1.74. The Morgan fingerprint density at radius 2 is 1.81 bits per heavy atom. The van der Waals surface area contributed by atoms with Crippen molar-refractivity contribution in [2.45, 2.75) is 42.0 Å². The number of nitrogens with two attached hydrogens (primary N) is 1. The lowest BCUT2D eigenvalue weighted by atomic mass is 9.75. The molecule has 1 saturated carbocycles. The molecule has 1 rings (SSSR count). The van der Waals surface area contributed by atoms with Crippen LogP contribution in [-0.2, 0) is 0 Å². The largest absolute Gasteiger partial charge is 0.376 e. The van der Waals surface area contributed by atoms with Gasteiger partial charge in [-0.15, -0.1) is 0 Å². The number of hydrazone groups is 1. The molecule has 0 amide bonds. The molecular weight excluding hydrogens is 357 g/mol. The third-order valence-electron chi connectivity index (χ3n) is 3.26. The van der Waals surface area contributed by atoms with Crippen LogP contribution < -0.4 is 11.2 Å². The molecule has 0 aromatic carbocycles. The Bertz CT molecular complexity index is 425. The van der Waals surface area contributed by atoms with Crippen molar-refractivity contribution in [1.29, 1.82) is 0 Å². The van der Waals surface area contributed by atoms with E-state index in [2.05, 4.69) is 22.7 Å². The fraction of sp³-hybridized carbons (Fsp3) is 0.800. The van der Waals surface area contributed by atoms with Gasteiger partial charge in [-0.3, -0.25) is 5.43 Å². The van der Waals surface area contributed by atoms with Crippen molar-refractivity contribution in [3.63, 3.8) is 0 Å². The van der Waals surface area contributed by atoms with Gasteiger partial charge in [-0.05, 0) is 54.7 Å². The van der Waals surface area contributed by atoms with E-state index < -0.39 is 22.3 Å². The van der Waals surface area contributed by atoms with E-state index in [4.69, 9.17) is 28.9 Å². The third kappa shape index (κ3) is 3.88. The van der Waals surface area contributed by atoms with Crippen LogP contribution in [0.2, 0.25) is 0 Å². The molecule has 0 heterocycles. The number of hydrogen-bond acceptors (Lipinski definition) is 3. The van der Waals surface area contributed by atoms with Crippen LogP contribution in [0.4, 0.5) is 17.6 Å². The Balaban J connectivity index is 3.27. The summed E-state index contributed by atoms with van der Waals surface area (Å²) >= 11 is 13.9. The lowest BCUT2D eigenvalue weighted by molar-refractivity contribution is -0.234. The summed E-state index contributed by atoms with van der Waals surface area (Å²) in [6.45, 7) is 0. The molecule has 0 saturated heterocycles. The van der Waals surface area contributed by atoms with Crippen molar-refractivity contribution in [2.75, 3.05) is 0 Å². The maximum Gasteiger partial charge on any atom is 0.357 e. The first-order valence-corrected chi connectivity index (χ1v) is 7.05. The lowest BCUT2D eigenvalue weighted by Crippen LogP contribution is -2.63. The highest BCUT2D eigenvalue weighted by molar-refractivity contribution is 7.80. The molecule has 21 heavy (non-hydrogen) atoms. The summed E-state index contributed by atoms with van der Waals surface area (Å²) in [6, 6.07) is 0. The monoisotopic (exact) mass is 369 g/mol. The van der Waals surface area contributed by atoms with Crippen molar-refractivity contribution in [3.05, 3.63) is 0 Å². The van der Waals surface area contributed by atoms with Crippen LogP contribution in [0.25, 0.3) is 0 Å². The predicted molar refractivity (Wildman–Crippen MR) is 75.9 cm³/mol. The molecule has 0 aromatic heterocycles. The number of thiocarbonyl (C=S) groups is 1. The fourth-order valence-corrected chi connectivity index (χ4v) is 2.86. The highest BCUT2D eigenvalue weighted by atomic mass is 35.5. The first-order valence-electron chi connectivity index (χ1n) is 5.89. The van der Waals surface area contributed by atoms with Gasteiger partial charge in [0.2, 0.25) is 5.60 Å². The van der Waals surface area contributed by atoms with Crippen LogP contribution in [0.5, 0.6) is 0 Å². The van der Waals surface area contributed by atoms with E-state index >= 15 is 0 Å². The topological polar surface area (TPSA) is 70.6 Å². The van der Waals surface area contributed by atoms with Gasteiger partial charge in [-0.25, -0.2) is 0 Å². The molecule has 0 aliphatic heterocycles. The molecular formula is C10H13Cl2F4N3OS. The molecule has 4 nitrogen and oxygen atoms in total. The van der Waals surface area contributed by atoms with E-state index in [1.165, 1.54) is 0 Å². The summed E-state index contributed by atoms with van der Waals surface area (Å²) < 4.78 is 53.8. The van der Waals surface area contributed by atoms with E-state index in [1.807, 2.05) is 0 Å². The maximum atomic E-state index is 13.4. The standard InChI is InChI=1S/C10H13Cl2F4N3OS/c11-9(13,14)8(20,10(12,15)16)5-3-1-2-4-6(5)18-19-7(17)21/h5,20H,1-4H2,(H3,17,19,21)/b18-6+. The van der Waals surface area contributed by atoms with Crippen LogP contribution >= 0.6 is 35.4 Å². The van der Waals surface area contributed by atoms with Gasteiger partial charge >= 0.3 is 10.8 Å². The minimum Gasteiger partial charge on any atom is -0.376 e. The van der Waals surface area contributed by atoms with E-state index in [0.717, 1.165) is 0 Å². The Labute approximate surface area is 133 Å². The Morgan fingerprint density at radius 1 is 1.29 bits per heavy atom. The van der Waals surface area contributed by atoms with Gasteiger partial charge in [0, 0.05) is 11.6 Å².